The van der Waals surface area contributed by atoms with Gasteiger partial charge in [-0.2, -0.15) is 4.98 Å². The van der Waals surface area contributed by atoms with Crippen LogP contribution in [0.5, 0.6) is 0 Å². The van der Waals surface area contributed by atoms with Crippen LogP contribution < -0.4 is 16.6 Å². The van der Waals surface area contributed by atoms with Gasteiger partial charge in [-0.25, -0.2) is 4.79 Å². The number of imidazole rings is 1. The van der Waals surface area contributed by atoms with Crippen LogP contribution in [0.25, 0.3) is 11.2 Å². The summed E-state index contributed by atoms with van der Waals surface area (Å²) in [6.07, 6.45) is 1.58. The Hall–Kier alpha value is -2.77. The zero-order valence-corrected chi connectivity index (χ0v) is 11.0. The summed E-state index contributed by atoms with van der Waals surface area (Å²) in [5, 5.41) is 3.01. The highest BCUT2D eigenvalue weighted by atomic mass is 16.3. The van der Waals surface area contributed by atoms with Crippen molar-refractivity contribution in [2.24, 2.45) is 14.1 Å². The quantitative estimate of drug-likeness (QED) is 0.710. The molecule has 0 aliphatic rings. The van der Waals surface area contributed by atoms with E-state index in [9.17, 15) is 9.59 Å². The highest BCUT2D eigenvalue weighted by molar-refractivity contribution is 5.72. The summed E-state index contributed by atoms with van der Waals surface area (Å²) in [6, 6.07) is 3.61. The average molecular weight is 275 g/mol. The number of aryl methyl sites for hydroxylation is 1. The van der Waals surface area contributed by atoms with Crippen molar-refractivity contribution in [1.29, 1.82) is 0 Å². The van der Waals surface area contributed by atoms with Crippen LogP contribution in [-0.4, -0.2) is 19.1 Å². The highest BCUT2D eigenvalue weighted by Gasteiger charge is 2.13. The molecule has 2 N–H and O–H groups in total. The van der Waals surface area contributed by atoms with Gasteiger partial charge >= 0.3 is 5.69 Å². The van der Waals surface area contributed by atoms with Crippen molar-refractivity contribution in [3.05, 3.63) is 45.0 Å². The van der Waals surface area contributed by atoms with E-state index >= 15 is 0 Å². The molecule has 0 saturated carbocycles. The molecule has 0 aliphatic heterocycles. The standard InChI is InChI=1S/C12H13N5O3/c1-16-9-8(10(18)17(2)12(16)19)14-11(15-9)13-6-7-4-3-5-20-7/h3-5H,6H2,1-2H3,(H2,13,14,15). The molecule has 3 rings (SSSR count). The number of nitrogens with zero attached hydrogens (tertiary/aromatic N) is 3. The summed E-state index contributed by atoms with van der Waals surface area (Å²) in [5.74, 6) is 1.15. The SMILES string of the molecule is Cn1c(=O)c2[nH]c(NCc3ccco3)nc2n(C)c1=O. The minimum absolute atomic E-state index is 0.288. The predicted molar refractivity (Wildman–Crippen MR) is 72.6 cm³/mol. The first kappa shape index (κ1) is 12.3. The second kappa shape index (κ2) is 4.41. The molecule has 8 heteroatoms. The molecule has 3 heterocycles. The smallest absolute Gasteiger partial charge is 0.332 e. The lowest BCUT2D eigenvalue weighted by Gasteiger charge is -2.00. The Bertz CT molecular complexity index is 869. The first-order valence-electron chi connectivity index (χ1n) is 6.00. The molecule has 0 saturated heterocycles. The maximum absolute atomic E-state index is 12.0. The van der Waals surface area contributed by atoms with Crippen LogP contribution in [0.15, 0.2) is 32.4 Å². The summed E-state index contributed by atoms with van der Waals surface area (Å²) in [4.78, 5) is 30.9. The Morgan fingerprint density at radius 2 is 2.15 bits per heavy atom. The van der Waals surface area contributed by atoms with Crippen molar-refractivity contribution in [1.82, 2.24) is 19.1 Å². The molecule has 0 unspecified atom stereocenters. The van der Waals surface area contributed by atoms with E-state index in [1.807, 2.05) is 6.07 Å². The van der Waals surface area contributed by atoms with E-state index in [0.717, 1.165) is 10.3 Å². The Morgan fingerprint density at radius 3 is 2.85 bits per heavy atom. The minimum Gasteiger partial charge on any atom is -0.467 e. The van der Waals surface area contributed by atoms with E-state index in [4.69, 9.17) is 4.42 Å². The number of furan rings is 1. The van der Waals surface area contributed by atoms with Crippen molar-refractivity contribution in [3.63, 3.8) is 0 Å². The van der Waals surface area contributed by atoms with E-state index in [2.05, 4.69) is 15.3 Å². The summed E-state index contributed by atoms with van der Waals surface area (Å²) in [5.41, 5.74) is -0.204. The van der Waals surface area contributed by atoms with E-state index in [-0.39, 0.29) is 5.52 Å². The van der Waals surface area contributed by atoms with E-state index in [1.54, 1.807) is 19.4 Å². The molecule has 8 nitrogen and oxygen atoms in total. The fourth-order valence-electron chi connectivity index (χ4n) is 1.99. The number of rotatable bonds is 3. The maximum atomic E-state index is 12.0. The fraction of sp³-hybridized carbons (Fsp3) is 0.250. The molecule has 0 atom stereocenters. The number of fused-ring (bicyclic) bond motifs is 1. The normalized spacial score (nSPS) is 11.1. The molecule has 0 amide bonds. The zero-order chi connectivity index (χ0) is 14.3. The molecule has 3 aromatic rings. The number of H-pyrrole nitrogens is 1. The number of aromatic amines is 1. The monoisotopic (exact) mass is 275 g/mol. The van der Waals surface area contributed by atoms with Crippen LogP contribution in [-0.2, 0) is 20.6 Å². The van der Waals surface area contributed by atoms with Crippen molar-refractivity contribution < 1.29 is 4.42 Å². The van der Waals surface area contributed by atoms with Gasteiger partial charge in [0, 0.05) is 14.1 Å². The van der Waals surface area contributed by atoms with Crippen molar-refractivity contribution in [2.75, 3.05) is 5.32 Å². The van der Waals surface area contributed by atoms with Crippen LogP contribution in [0.1, 0.15) is 5.76 Å². The van der Waals surface area contributed by atoms with Gasteiger partial charge in [-0.15, -0.1) is 0 Å². The molecule has 0 bridgehead atoms. The molecule has 0 fully saturated rings. The molecule has 0 aliphatic carbocycles. The highest BCUT2D eigenvalue weighted by Crippen LogP contribution is 2.10. The van der Waals surface area contributed by atoms with Gasteiger partial charge in [0.25, 0.3) is 5.56 Å². The average Bonchev–Trinajstić information content (AvgIpc) is 3.09. The van der Waals surface area contributed by atoms with Crippen molar-refractivity contribution in [2.45, 2.75) is 6.54 Å². The lowest BCUT2D eigenvalue weighted by molar-refractivity contribution is 0.517. The Labute approximate surface area is 112 Å². The molecule has 20 heavy (non-hydrogen) atoms. The summed E-state index contributed by atoms with van der Waals surface area (Å²) in [7, 11) is 3.00. The number of hydrogen-bond acceptors (Lipinski definition) is 5. The number of hydrogen-bond donors (Lipinski definition) is 2. The third-order valence-electron chi connectivity index (χ3n) is 3.10. The van der Waals surface area contributed by atoms with E-state index in [1.165, 1.54) is 11.6 Å². The third kappa shape index (κ3) is 1.81. The molecular weight excluding hydrogens is 262 g/mol. The van der Waals surface area contributed by atoms with Gasteiger partial charge in [0.15, 0.2) is 11.2 Å². The summed E-state index contributed by atoms with van der Waals surface area (Å²) >= 11 is 0. The Balaban J connectivity index is 2.03. The van der Waals surface area contributed by atoms with E-state index < -0.39 is 11.2 Å². The van der Waals surface area contributed by atoms with Crippen LogP contribution in [0.4, 0.5) is 5.95 Å². The van der Waals surface area contributed by atoms with Crippen LogP contribution >= 0.6 is 0 Å². The van der Waals surface area contributed by atoms with Crippen molar-refractivity contribution in [3.8, 4) is 0 Å². The number of nitrogens with one attached hydrogen (secondary N) is 2. The lowest BCUT2D eigenvalue weighted by Crippen LogP contribution is -2.36. The second-order valence-corrected chi connectivity index (χ2v) is 4.42. The molecular formula is C12H13N5O3. The topological polar surface area (TPSA) is 97.8 Å². The number of aromatic nitrogens is 4. The van der Waals surface area contributed by atoms with Gasteiger partial charge in [0.1, 0.15) is 5.76 Å². The predicted octanol–water partition coefficient (Wildman–Crippen LogP) is 0.165. The first-order chi connectivity index (χ1) is 9.58. The first-order valence-corrected chi connectivity index (χ1v) is 6.00. The Morgan fingerprint density at radius 1 is 1.35 bits per heavy atom. The van der Waals surface area contributed by atoms with Crippen molar-refractivity contribution >= 4 is 17.1 Å². The number of anilines is 1. The van der Waals surface area contributed by atoms with Crippen LogP contribution in [0.3, 0.4) is 0 Å². The summed E-state index contributed by atoms with van der Waals surface area (Å²) < 4.78 is 7.55. The van der Waals surface area contributed by atoms with Crippen LogP contribution in [0, 0.1) is 0 Å². The molecule has 3 aromatic heterocycles. The Kier molecular flexibility index (Phi) is 2.70. The molecule has 0 aromatic carbocycles. The van der Waals surface area contributed by atoms with Gasteiger partial charge in [-0.1, -0.05) is 0 Å². The molecule has 0 radical (unpaired) electrons. The lowest BCUT2D eigenvalue weighted by atomic mass is 10.4. The van der Waals surface area contributed by atoms with Gasteiger partial charge in [-0.3, -0.25) is 13.9 Å². The molecule has 104 valence electrons. The minimum atomic E-state index is -0.411. The maximum Gasteiger partial charge on any atom is 0.332 e. The largest absolute Gasteiger partial charge is 0.467 e. The summed E-state index contributed by atoms with van der Waals surface area (Å²) in [6.45, 7) is 0.432. The van der Waals surface area contributed by atoms with Gasteiger partial charge in [0.05, 0.1) is 12.8 Å². The van der Waals surface area contributed by atoms with Gasteiger partial charge in [-0.05, 0) is 12.1 Å². The second-order valence-electron chi connectivity index (χ2n) is 4.42. The van der Waals surface area contributed by atoms with E-state index in [0.29, 0.717) is 18.1 Å². The zero-order valence-electron chi connectivity index (χ0n) is 11.0. The van der Waals surface area contributed by atoms with Gasteiger partial charge < -0.3 is 14.7 Å². The van der Waals surface area contributed by atoms with Crippen LogP contribution in [0.2, 0.25) is 0 Å². The fourth-order valence-corrected chi connectivity index (χ4v) is 1.99. The molecule has 0 spiro atoms. The third-order valence-corrected chi connectivity index (χ3v) is 3.10. The van der Waals surface area contributed by atoms with Gasteiger partial charge in [0.2, 0.25) is 5.95 Å².